The third kappa shape index (κ3) is 4.72. The number of nitrogens with zero attached hydrogens (tertiary/aromatic N) is 2. The van der Waals surface area contributed by atoms with Gasteiger partial charge in [-0.05, 0) is 30.5 Å². The molecule has 0 amide bonds. The minimum absolute atomic E-state index is 0.220. The van der Waals surface area contributed by atoms with Gasteiger partial charge in [-0.2, -0.15) is 0 Å². The van der Waals surface area contributed by atoms with E-state index in [2.05, 4.69) is 9.97 Å². The lowest BCUT2D eigenvalue weighted by Gasteiger charge is -2.37. The molecule has 8 heteroatoms. The molecule has 0 radical (unpaired) electrons. The van der Waals surface area contributed by atoms with Crippen molar-refractivity contribution in [2.24, 2.45) is 5.73 Å². The SMILES string of the molecule is COc1ccc2nccc(C[C@H](O)[C@@H]3CC[C@@H](N)[C@@H](CC(O)CO)O3)c2n1. The average molecular weight is 377 g/mol. The summed E-state index contributed by atoms with van der Waals surface area (Å²) in [4.78, 5) is 8.75. The summed E-state index contributed by atoms with van der Waals surface area (Å²) in [6.07, 6.45) is 1.20. The van der Waals surface area contributed by atoms with Crippen molar-refractivity contribution in [1.82, 2.24) is 9.97 Å². The van der Waals surface area contributed by atoms with Gasteiger partial charge >= 0.3 is 0 Å². The monoisotopic (exact) mass is 377 g/mol. The van der Waals surface area contributed by atoms with E-state index in [-0.39, 0.29) is 19.1 Å². The van der Waals surface area contributed by atoms with E-state index in [1.807, 2.05) is 12.1 Å². The van der Waals surface area contributed by atoms with Gasteiger partial charge in [-0.1, -0.05) is 0 Å². The van der Waals surface area contributed by atoms with Crippen molar-refractivity contribution >= 4 is 11.0 Å². The molecule has 1 fully saturated rings. The van der Waals surface area contributed by atoms with Gasteiger partial charge in [0.15, 0.2) is 0 Å². The Bertz CT molecular complexity index is 759. The van der Waals surface area contributed by atoms with Crippen molar-refractivity contribution in [2.45, 2.75) is 56.1 Å². The van der Waals surface area contributed by atoms with Crippen molar-refractivity contribution in [1.29, 1.82) is 0 Å². The van der Waals surface area contributed by atoms with Crippen LogP contribution in [0.5, 0.6) is 5.88 Å². The Morgan fingerprint density at radius 1 is 1.30 bits per heavy atom. The number of hydrogen-bond acceptors (Lipinski definition) is 8. The van der Waals surface area contributed by atoms with Crippen LogP contribution in [0.3, 0.4) is 0 Å². The Labute approximate surface area is 158 Å². The molecule has 1 unspecified atom stereocenters. The van der Waals surface area contributed by atoms with Crippen LogP contribution in [0.25, 0.3) is 11.0 Å². The van der Waals surface area contributed by atoms with Crippen molar-refractivity contribution in [3.63, 3.8) is 0 Å². The minimum atomic E-state index is -0.877. The molecule has 3 rings (SSSR count). The molecule has 3 heterocycles. The summed E-state index contributed by atoms with van der Waals surface area (Å²) in [6.45, 7) is -0.337. The molecule has 27 heavy (non-hydrogen) atoms. The highest BCUT2D eigenvalue weighted by Crippen LogP contribution is 2.26. The molecule has 2 aromatic rings. The normalized spacial score (nSPS) is 25.3. The molecule has 0 spiro atoms. The Morgan fingerprint density at radius 3 is 2.85 bits per heavy atom. The van der Waals surface area contributed by atoms with Crippen LogP contribution in [-0.2, 0) is 11.2 Å². The topological polar surface area (TPSA) is 131 Å². The lowest BCUT2D eigenvalue weighted by molar-refractivity contribution is -0.125. The van der Waals surface area contributed by atoms with Crippen LogP contribution in [0, 0.1) is 0 Å². The number of ether oxygens (including phenoxy) is 2. The maximum atomic E-state index is 10.8. The van der Waals surface area contributed by atoms with E-state index in [9.17, 15) is 10.2 Å². The standard InChI is InChI=1S/C19H27N3O5/c1-26-18-5-3-14-19(22-18)11(6-7-21-14)8-15(25)16-4-2-13(20)17(27-16)9-12(24)10-23/h3,5-7,12-13,15-17,23-25H,2,4,8-10,20H2,1H3/t12?,13-,15+,16+,17-/m1/s1. The van der Waals surface area contributed by atoms with Gasteiger partial charge in [-0.3, -0.25) is 4.98 Å². The van der Waals surface area contributed by atoms with Gasteiger partial charge in [0.2, 0.25) is 5.88 Å². The van der Waals surface area contributed by atoms with E-state index in [0.717, 1.165) is 11.1 Å². The molecule has 8 nitrogen and oxygen atoms in total. The fraction of sp³-hybridized carbons (Fsp3) is 0.579. The van der Waals surface area contributed by atoms with Gasteiger partial charge in [0, 0.05) is 31.1 Å². The van der Waals surface area contributed by atoms with Gasteiger partial charge in [0.05, 0.1) is 49.2 Å². The summed E-state index contributed by atoms with van der Waals surface area (Å²) in [5.41, 5.74) is 8.35. The Balaban J connectivity index is 1.73. The smallest absolute Gasteiger partial charge is 0.213 e. The largest absolute Gasteiger partial charge is 0.481 e. The summed E-state index contributed by atoms with van der Waals surface area (Å²) in [6, 6.07) is 5.19. The van der Waals surface area contributed by atoms with Crippen LogP contribution in [0.4, 0.5) is 0 Å². The minimum Gasteiger partial charge on any atom is -0.481 e. The highest BCUT2D eigenvalue weighted by atomic mass is 16.5. The number of aliphatic hydroxyl groups excluding tert-OH is 3. The maximum Gasteiger partial charge on any atom is 0.213 e. The first kappa shape index (κ1) is 19.9. The van der Waals surface area contributed by atoms with E-state index >= 15 is 0 Å². The number of aromatic nitrogens is 2. The highest BCUT2D eigenvalue weighted by molar-refractivity contribution is 5.78. The lowest BCUT2D eigenvalue weighted by atomic mass is 9.91. The third-order valence-corrected chi connectivity index (χ3v) is 5.04. The molecule has 5 N–H and O–H groups in total. The number of aliphatic hydroxyl groups is 3. The van der Waals surface area contributed by atoms with Gasteiger partial charge in [-0.15, -0.1) is 0 Å². The summed E-state index contributed by atoms with van der Waals surface area (Å²) in [5.74, 6) is 0.490. The number of fused-ring (bicyclic) bond motifs is 1. The van der Waals surface area contributed by atoms with E-state index in [1.54, 1.807) is 19.4 Å². The second-order valence-corrected chi connectivity index (χ2v) is 6.99. The fourth-order valence-corrected chi connectivity index (χ4v) is 3.49. The zero-order valence-corrected chi connectivity index (χ0v) is 15.4. The first-order valence-electron chi connectivity index (χ1n) is 9.18. The van der Waals surface area contributed by atoms with Gasteiger partial charge < -0.3 is 30.5 Å². The predicted molar refractivity (Wildman–Crippen MR) is 99.4 cm³/mol. The van der Waals surface area contributed by atoms with Gasteiger partial charge in [0.25, 0.3) is 0 Å². The molecule has 0 bridgehead atoms. The molecule has 2 aromatic heterocycles. The number of methoxy groups -OCH3 is 1. The zero-order valence-electron chi connectivity index (χ0n) is 15.4. The molecule has 0 aliphatic carbocycles. The molecule has 0 aromatic carbocycles. The Hall–Kier alpha value is -1.84. The molecule has 5 atom stereocenters. The molecule has 1 saturated heterocycles. The first-order valence-corrected chi connectivity index (χ1v) is 9.18. The van der Waals surface area contributed by atoms with E-state index in [1.165, 1.54) is 0 Å². The van der Waals surface area contributed by atoms with Crippen molar-refractivity contribution < 1.29 is 24.8 Å². The summed E-state index contributed by atoms with van der Waals surface area (Å²) >= 11 is 0. The molecule has 0 saturated carbocycles. The highest BCUT2D eigenvalue weighted by Gasteiger charge is 2.34. The van der Waals surface area contributed by atoms with E-state index in [0.29, 0.717) is 30.7 Å². The van der Waals surface area contributed by atoms with Crippen molar-refractivity contribution in [3.05, 3.63) is 30.0 Å². The fourth-order valence-electron chi connectivity index (χ4n) is 3.49. The van der Waals surface area contributed by atoms with Crippen LogP contribution in [0.1, 0.15) is 24.8 Å². The predicted octanol–water partition coefficient (Wildman–Crippen LogP) is 0.160. The summed E-state index contributed by atoms with van der Waals surface area (Å²) in [5, 5.41) is 29.5. The van der Waals surface area contributed by atoms with Gasteiger partial charge in [-0.25, -0.2) is 4.98 Å². The molecule has 1 aliphatic rings. The summed E-state index contributed by atoms with van der Waals surface area (Å²) in [7, 11) is 1.55. The second-order valence-electron chi connectivity index (χ2n) is 6.99. The average Bonchev–Trinajstić information content (AvgIpc) is 2.69. The van der Waals surface area contributed by atoms with Crippen molar-refractivity contribution in [2.75, 3.05) is 13.7 Å². The number of nitrogens with two attached hydrogens (primary N) is 1. The summed E-state index contributed by atoms with van der Waals surface area (Å²) < 4.78 is 11.1. The lowest BCUT2D eigenvalue weighted by Crippen LogP contribution is -2.49. The third-order valence-electron chi connectivity index (χ3n) is 5.04. The maximum absolute atomic E-state index is 10.8. The number of hydrogen-bond donors (Lipinski definition) is 4. The number of pyridine rings is 2. The quantitative estimate of drug-likeness (QED) is 0.537. The molecular weight excluding hydrogens is 350 g/mol. The van der Waals surface area contributed by atoms with E-state index in [4.69, 9.17) is 20.3 Å². The van der Waals surface area contributed by atoms with Crippen LogP contribution >= 0.6 is 0 Å². The van der Waals surface area contributed by atoms with Crippen LogP contribution in [-0.4, -0.2) is 69.5 Å². The molecule has 1 aliphatic heterocycles. The van der Waals surface area contributed by atoms with Gasteiger partial charge in [0.1, 0.15) is 0 Å². The Kier molecular flexibility index (Phi) is 6.56. The Morgan fingerprint density at radius 2 is 2.11 bits per heavy atom. The van der Waals surface area contributed by atoms with Crippen LogP contribution in [0.2, 0.25) is 0 Å². The van der Waals surface area contributed by atoms with Crippen molar-refractivity contribution in [3.8, 4) is 5.88 Å². The first-order chi connectivity index (χ1) is 13.0. The molecule has 148 valence electrons. The second kappa shape index (κ2) is 8.90. The molecular formula is C19H27N3O5. The zero-order chi connectivity index (χ0) is 19.4. The number of rotatable bonds is 7. The van der Waals surface area contributed by atoms with Crippen LogP contribution in [0.15, 0.2) is 24.4 Å². The van der Waals surface area contributed by atoms with E-state index < -0.39 is 24.4 Å². The van der Waals surface area contributed by atoms with Crippen LogP contribution < -0.4 is 10.5 Å².